The third kappa shape index (κ3) is 5.18. The normalized spacial score (nSPS) is 14.8. The summed E-state index contributed by atoms with van der Waals surface area (Å²) in [5.41, 5.74) is 1.84. The quantitative estimate of drug-likeness (QED) is 0.608. The number of piperazine rings is 1. The molecule has 2 aromatic rings. The summed E-state index contributed by atoms with van der Waals surface area (Å²) in [4.78, 5) is 26.7. The van der Waals surface area contributed by atoms with Crippen molar-refractivity contribution in [1.29, 1.82) is 0 Å². The fourth-order valence-corrected chi connectivity index (χ4v) is 3.36. The van der Waals surface area contributed by atoms with E-state index in [1.54, 1.807) is 6.07 Å². The molecule has 0 aliphatic carbocycles. The second-order valence-electron chi connectivity index (χ2n) is 6.42. The van der Waals surface area contributed by atoms with Crippen LogP contribution in [0.1, 0.15) is 5.56 Å². The van der Waals surface area contributed by atoms with Gasteiger partial charge in [0.25, 0.3) is 5.69 Å². The summed E-state index contributed by atoms with van der Waals surface area (Å²) >= 11 is 6.20. The standard InChI is InChI=1S/C19H21ClN4O3/c20-17-12-16(24(26)27)6-7-18(17)23-10-8-22(9-11-23)14-19(25)21-13-15-4-2-1-3-5-15/h1-7,12H,8-11,13-14H2,(H,21,25). The molecule has 8 heteroatoms. The van der Waals surface area contributed by atoms with Gasteiger partial charge in [0.2, 0.25) is 5.91 Å². The summed E-state index contributed by atoms with van der Waals surface area (Å²) in [6, 6.07) is 14.3. The number of non-ortho nitro benzene ring substituents is 1. The van der Waals surface area contributed by atoms with Crippen molar-refractivity contribution in [2.75, 3.05) is 37.6 Å². The Morgan fingerprint density at radius 2 is 1.81 bits per heavy atom. The molecule has 0 saturated carbocycles. The molecule has 0 atom stereocenters. The molecule has 142 valence electrons. The summed E-state index contributed by atoms with van der Waals surface area (Å²) < 4.78 is 0. The number of rotatable bonds is 6. The van der Waals surface area contributed by atoms with Crippen LogP contribution in [0.5, 0.6) is 0 Å². The molecule has 1 amide bonds. The van der Waals surface area contributed by atoms with Crippen LogP contribution in [-0.2, 0) is 11.3 Å². The third-order valence-corrected chi connectivity index (χ3v) is 4.86. The molecule has 1 aliphatic heterocycles. The first-order chi connectivity index (χ1) is 13.0. The number of amides is 1. The van der Waals surface area contributed by atoms with E-state index >= 15 is 0 Å². The van der Waals surface area contributed by atoms with Gasteiger partial charge in [-0.25, -0.2) is 0 Å². The number of nitro benzene ring substituents is 1. The number of carbonyl (C=O) groups excluding carboxylic acids is 1. The fourth-order valence-electron chi connectivity index (χ4n) is 3.07. The first-order valence-electron chi connectivity index (χ1n) is 8.75. The number of hydrogen-bond acceptors (Lipinski definition) is 5. The van der Waals surface area contributed by atoms with Gasteiger partial charge in [0, 0.05) is 44.9 Å². The van der Waals surface area contributed by atoms with E-state index in [2.05, 4.69) is 15.1 Å². The highest BCUT2D eigenvalue weighted by Crippen LogP contribution is 2.30. The van der Waals surface area contributed by atoms with Gasteiger partial charge in [0.15, 0.2) is 0 Å². The summed E-state index contributed by atoms with van der Waals surface area (Å²) in [6.45, 7) is 3.76. The Morgan fingerprint density at radius 1 is 1.11 bits per heavy atom. The van der Waals surface area contributed by atoms with Crippen molar-refractivity contribution in [3.05, 3.63) is 69.2 Å². The molecule has 1 heterocycles. The molecule has 1 N–H and O–H groups in total. The van der Waals surface area contributed by atoms with E-state index in [1.165, 1.54) is 12.1 Å². The van der Waals surface area contributed by atoms with Crippen LogP contribution < -0.4 is 10.2 Å². The molecule has 27 heavy (non-hydrogen) atoms. The van der Waals surface area contributed by atoms with Gasteiger partial charge in [-0.15, -0.1) is 0 Å². The summed E-state index contributed by atoms with van der Waals surface area (Å²) in [5, 5.41) is 14.1. The van der Waals surface area contributed by atoms with Crippen LogP contribution in [0.2, 0.25) is 5.02 Å². The van der Waals surface area contributed by atoms with Crippen LogP contribution in [0, 0.1) is 10.1 Å². The Kier molecular flexibility index (Phi) is 6.26. The lowest BCUT2D eigenvalue weighted by Gasteiger charge is -2.36. The molecule has 2 aromatic carbocycles. The third-order valence-electron chi connectivity index (χ3n) is 4.55. The molecule has 0 bridgehead atoms. The predicted octanol–water partition coefficient (Wildman–Crippen LogP) is 2.69. The maximum absolute atomic E-state index is 12.1. The van der Waals surface area contributed by atoms with Gasteiger partial charge in [-0.05, 0) is 11.6 Å². The van der Waals surface area contributed by atoms with E-state index in [4.69, 9.17) is 11.6 Å². The number of anilines is 1. The summed E-state index contributed by atoms with van der Waals surface area (Å²) in [6.07, 6.45) is 0. The van der Waals surface area contributed by atoms with Gasteiger partial charge in [0.05, 0.1) is 22.2 Å². The van der Waals surface area contributed by atoms with Crippen LogP contribution in [0.3, 0.4) is 0 Å². The monoisotopic (exact) mass is 388 g/mol. The van der Waals surface area contributed by atoms with Crippen LogP contribution in [0.25, 0.3) is 0 Å². The topological polar surface area (TPSA) is 78.7 Å². The molecule has 7 nitrogen and oxygen atoms in total. The van der Waals surface area contributed by atoms with Gasteiger partial charge >= 0.3 is 0 Å². The average molecular weight is 389 g/mol. The highest BCUT2D eigenvalue weighted by atomic mass is 35.5. The Labute approximate surface area is 162 Å². The van der Waals surface area contributed by atoms with Gasteiger partial charge in [-0.3, -0.25) is 19.8 Å². The van der Waals surface area contributed by atoms with Crippen molar-refractivity contribution in [2.45, 2.75) is 6.54 Å². The smallest absolute Gasteiger partial charge is 0.271 e. The van der Waals surface area contributed by atoms with Gasteiger partial charge < -0.3 is 10.2 Å². The molecule has 0 aromatic heterocycles. The van der Waals surface area contributed by atoms with E-state index in [9.17, 15) is 14.9 Å². The van der Waals surface area contributed by atoms with Crippen LogP contribution in [0.4, 0.5) is 11.4 Å². The molecule has 0 unspecified atom stereocenters. The van der Waals surface area contributed by atoms with E-state index in [1.807, 2.05) is 30.3 Å². The van der Waals surface area contributed by atoms with Crippen LogP contribution >= 0.6 is 11.6 Å². The number of nitro groups is 1. The minimum absolute atomic E-state index is 0.000622. The molecule has 0 radical (unpaired) electrons. The lowest BCUT2D eigenvalue weighted by atomic mass is 10.2. The maximum Gasteiger partial charge on any atom is 0.271 e. The molecule has 3 rings (SSSR count). The van der Waals surface area contributed by atoms with E-state index < -0.39 is 4.92 Å². The Balaban J connectivity index is 1.47. The average Bonchev–Trinajstić information content (AvgIpc) is 2.68. The number of carbonyl (C=O) groups is 1. The highest BCUT2D eigenvalue weighted by Gasteiger charge is 2.21. The zero-order valence-corrected chi connectivity index (χ0v) is 15.6. The number of halogens is 1. The summed E-state index contributed by atoms with van der Waals surface area (Å²) in [5.74, 6) is 0.000622. The molecular weight excluding hydrogens is 368 g/mol. The highest BCUT2D eigenvalue weighted by molar-refractivity contribution is 6.33. The van der Waals surface area contributed by atoms with Crippen LogP contribution in [-0.4, -0.2) is 48.5 Å². The molecule has 1 fully saturated rings. The van der Waals surface area contributed by atoms with Gasteiger partial charge in [-0.1, -0.05) is 41.9 Å². The van der Waals surface area contributed by atoms with Crippen molar-refractivity contribution in [3.63, 3.8) is 0 Å². The fraction of sp³-hybridized carbons (Fsp3) is 0.316. The minimum Gasteiger partial charge on any atom is -0.368 e. The largest absolute Gasteiger partial charge is 0.368 e. The second kappa shape index (κ2) is 8.83. The Morgan fingerprint density at radius 3 is 2.44 bits per heavy atom. The van der Waals surface area contributed by atoms with E-state index in [-0.39, 0.29) is 11.6 Å². The van der Waals surface area contributed by atoms with Crippen molar-refractivity contribution < 1.29 is 9.72 Å². The molecule has 1 saturated heterocycles. The lowest BCUT2D eigenvalue weighted by Crippen LogP contribution is -2.49. The summed E-state index contributed by atoms with van der Waals surface area (Å²) in [7, 11) is 0. The number of benzene rings is 2. The van der Waals surface area contributed by atoms with E-state index in [0.29, 0.717) is 31.2 Å². The number of nitrogens with zero attached hydrogens (tertiary/aromatic N) is 3. The van der Waals surface area contributed by atoms with Crippen molar-refractivity contribution in [3.8, 4) is 0 Å². The maximum atomic E-state index is 12.1. The minimum atomic E-state index is -0.457. The van der Waals surface area contributed by atoms with Crippen molar-refractivity contribution >= 4 is 28.9 Å². The number of nitrogens with one attached hydrogen (secondary N) is 1. The molecule has 0 spiro atoms. The zero-order chi connectivity index (χ0) is 19.2. The molecule has 1 aliphatic rings. The second-order valence-corrected chi connectivity index (χ2v) is 6.83. The Hall–Kier alpha value is -2.64. The predicted molar refractivity (Wildman–Crippen MR) is 105 cm³/mol. The van der Waals surface area contributed by atoms with Gasteiger partial charge in [-0.2, -0.15) is 0 Å². The lowest BCUT2D eigenvalue weighted by molar-refractivity contribution is -0.384. The SMILES string of the molecule is O=C(CN1CCN(c2ccc([N+](=O)[O-])cc2Cl)CC1)NCc1ccccc1. The van der Waals surface area contributed by atoms with Crippen LogP contribution in [0.15, 0.2) is 48.5 Å². The van der Waals surface area contributed by atoms with Crippen molar-refractivity contribution in [2.24, 2.45) is 0 Å². The zero-order valence-electron chi connectivity index (χ0n) is 14.8. The number of hydrogen-bond donors (Lipinski definition) is 1. The Bertz CT molecular complexity index is 808. The first kappa shape index (κ1) is 19.1. The van der Waals surface area contributed by atoms with Gasteiger partial charge in [0.1, 0.15) is 0 Å². The first-order valence-corrected chi connectivity index (χ1v) is 9.12. The molecular formula is C19H21ClN4O3. The van der Waals surface area contributed by atoms with Crippen molar-refractivity contribution in [1.82, 2.24) is 10.2 Å². The van der Waals surface area contributed by atoms with E-state index in [0.717, 1.165) is 24.3 Å².